The van der Waals surface area contributed by atoms with Crippen molar-refractivity contribution in [3.8, 4) is 0 Å². The van der Waals surface area contributed by atoms with E-state index in [4.69, 9.17) is 4.74 Å². The number of ether oxygens (including phenoxy) is 1. The number of pyridine rings is 1. The average molecular weight is 365 g/mol. The van der Waals surface area contributed by atoms with E-state index in [1.165, 1.54) is 6.42 Å². The number of aromatic nitrogens is 1. The van der Waals surface area contributed by atoms with E-state index in [-0.39, 0.29) is 11.9 Å². The Labute approximate surface area is 158 Å². The molecule has 0 saturated heterocycles. The van der Waals surface area contributed by atoms with E-state index >= 15 is 0 Å². The Morgan fingerprint density at radius 1 is 1.15 bits per heavy atom. The lowest BCUT2D eigenvalue weighted by atomic mass is 9.79. The molecule has 0 unspecified atom stereocenters. The molecule has 1 aliphatic heterocycles. The van der Waals surface area contributed by atoms with Crippen LogP contribution >= 0.6 is 0 Å². The summed E-state index contributed by atoms with van der Waals surface area (Å²) in [4.78, 5) is 31.2. The zero-order valence-corrected chi connectivity index (χ0v) is 15.6. The summed E-state index contributed by atoms with van der Waals surface area (Å²) in [5, 5.41) is 2.83. The van der Waals surface area contributed by atoms with E-state index in [0.29, 0.717) is 16.8 Å². The number of hydrogen-bond donors (Lipinski definition) is 1. The van der Waals surface area contributed by atoms with E-state index in [1.54, 1.807) is 24.4 Å². The molecular weight excluding hydrogens is 342 g/mol. The van der Waals surface area contributed by atoms with Crippen LogP contribution in [0.3, 0.4) is 0 Å². The predicted molar refractivity (Wildman–Crippen MR) is 103 cm³/mol. The summed E-state index contributed by atoms with van der Waals surface area (Å²) in [7, 11) is 3.81. The monoisotopic (exact) mass is 365 g/mol. The molecule has 0 bridgehead atoms. The fourth-order valence-corrected chi connectivity index (χ4v) is 3.96. The summed E-state index contributed by atoms with van der Waals surface area (Å²) in [6.07, 6.45) is 6.64. The standard InChI is InChI=1S/C21H23N3O3/c1-24(2)18-9-7-15(13-22-18)23-19(25)14-6-8-17-16(12-14)20(26)27-21(17)10-4-3-5-11-21/h6-9,12-13H,3-5,10-11H2,1-2H3,(H,23,25). The van der Waals surface area contributed by atoms with E-state index < -0.39 is 5.60 Å². The van der Waals surface area contributed by atoms with E-state index in [9.17, 15) is 9.59 Å². The number of nitrogens with zero attached hydrogens (tertiary/aromatic N) is 2. The van der Waals surface area contributed by atoms with Crippen molar-refractivity contribution in [3.63, 3.8) is 0 Å². The molecule has 6 heteroatoms. The van der Waals surface area contributed by atoms with Crippen molar-refractivity contribution in [1.82, 2.24) is 4.98 Å². The number of rotatable bonds is 3. The van der Waals surface area contributed by atoms with Gasteiger partial charge in [-0.15, -0.1) is 0 Å². The highest BCUT2D eigenvalue weighted by Gasteiger charge is 2.46. The van der Waals surface area contributed by atoms with Gasteiger partial charge in [-0.25, -0.2) is 9.78 Å². The Morgan fingerprint density at radius 2 is 1.93 bits per heavy atom. The minimum Gasteiger partial charge on any atom is -0.451 e. The number of anilines is 2. The van der Waals surface area contributed by atoms with Crippen LogP contribution in [0.25, 0.3) is 0 Å². The molecule has 6 nitrogen and oxygen atoms in total. The van der Waals surface area contributed by atoms with Crippen molar-refractivity contribution in [1.29, 1.82) is 0 Å². The van der Waals surface area contributed by atoms with Crippen molar-refractivity contribution in [3.05, 3.63) is 53.2 Å². The quantitative estimate of drug-likeness (QED) is 0.839. The lowest BCUT2D eigenvalue weighted by molar-refractivity contribution is -0.0280. The van der Waals surface area contributed by atoms with Crippen molar-refractivity contribution >= 4 is 23.4 Å². The van der Waals surface area contributed by atoms with Crippen LogP contribution in [0.5, 0.6) is 0 Å². The first kappa shape index (κ1) is 17.5. The highest BCUT2D eigenvalue weighted by molar-refractivity contribution is 6.06. The molecule has 1 amide bonds. The summed E-state index contributed by atoms with van der Waals surface area (Å²) in [6.45, 7) is 0. The van der Waals surface area contributed by atoms with Crippen molar-refractivity contribution in [2.45, 2.75) is 37.7 Å². The number of fused-ring (bicyclic) bond motifs is 2. The zero-order chi connectivity index (χ0) is 19.0. The van der Waals surface area contributed by atoms with Gasteiger partial charge < -0.3 is 15.0 Å². The van der Waals surface area contributed by atoms with Crippen LogP contribution in [-0.2, 0) is 10.3 Å². The summed E-state index contributed by atoms with van der Waals surface area (Å²) in [5.41, 5.74) is 2.02. The number of carbonyl (C=O) groups is 2. The predicted octanol–water partition coefficient (Wildman–Crippen LogP) is 3.73. The molecule has 2 aromatic rings. The second kappa shape index (κ2) is 6.68. The first-order valence-electron chi connectivity index (χ1n) is 9.31. The molecule has 1 spiro atoms. The highest BCUT2D eigenvalue weighted by atomic mass is 16.6. The van der Waals surface area contributed by atoms with Gasteiger partial charge in [0, 0.05) is 25.2 Å². The van der Waals surface area contributed by atoms with E-state index in [1.807, 2.05) is 31.1 Å². The molecule has 2 heterocycles. The second-order valence-electron chi connectivity index (χ2n) is 7.46. The number of nitrogens with one attached hydrogen (secondary N) is 1. The van der Waals surface area contributed by atoms with Gasteiger partial charge >= 0.3 is 5.97 Å². The lowest BCUT2D eigenvalue weighted by Crippen LogP contribution is -2.28. The number of benzene rings is 1. The van der Waals surface area contributed by atoms with Crippen LogP contribution in [0.1, 0.15) is 58.4 Å². The minimum atomic E-state index is -0.481. The lowest BCUT2D eigenvalue weighted by Gasteiger charge is -2.32. The van der Waals surface area contributed by atoms with Gasteiger partial charge in [0.1, 0.15) is 11.4 Å². The van der Waals surface area contributed by atoms with Gasteiger partial charge in [0.05, 0.1) is 17.4 Å². The Hall–Kier alpha value is -2.89. The third-order valence-electron chi connectivity index (χ3n) is 5.41. The smallest absolute Gasteiger partial charge is 0.339 e. The maximum absolute atomic E-state index is 12.6. The molecule has 2 aliphatic rings. The van der Waals surface area contributed by atoms with Gasteiger partial charge in [-0.05, 0) is 49.9 Å². The maximum atomic E-state index is 12.6. The largest absolute Gasteiger partial charge is 0.451 e. The number of hydrogen-bond acceptors (Lipinski definition) is 5. The molecule has 1 aromatic carbocycles. The van der Waals surface area contributed by atoms with Gasteiger partial charge in [-0.2, -0.15) is 0 Å². The summed E-state index contributed by atoms with van der Waals surface area (Å²) in [6, 6.07) is 8.95. The summed E-state index contributed by atoms with van der Waals surface area (Å²) in [5.74, 6) is 0.221. The van der Waals surface area contributed by atoms with E-state index in [2.05, 4.69) is 10.3 Å². The number of amides is 1. The molecule has 140 valence electrons. The fourth-order valence-electron chi connectivity index (χ4n) is 3.96. The molecule has 1 N–H and O–H groups in total. The Bertz CT molecular complexity index is 884. The molecule has 0 radical (unpaired) electrons. The number of esters is 1. The first-order valence-corrected chi connectivity index (χ1v) is 9.31. The van der Waals surface area contributed by atoms with Crippen LogP contribution in [0.15, 0.2) is 36.5 Å². The first-order chi connectivity index (χ1) is 13.0. The fraction of sp³-hybridized carbons (Fsp3) is 0.381. The molecular formula is C21H23N3O3. The van der Waals surface area contributed by atoms with Crippen molar-refractivity contribution < 1.29 is 14.3 Å². The van der Waals surface area contributed by atoms with Crippen molar-refractivity contribution in [2.75, 3.05) is 24.3 Å². The molecule has 27 heavy (non-hydrogen) atoms. The van der Waals surface area contributed by atoms with Crippen LogP contribution in [0.4, 0.5) is 11.5 Å². The highest BCUT2D eigenvalue weighted by Crippen LogP contribution is 2.46. The summed E-state index contributed by atoms with van der Waals surface area (Å²) >= 11 is 0. The Morgan fingerprint density at radius 3 is 2.59 bits per heavy atom. The van der Waals surface area contributed by atoms with Crippen LogP contribution < -0.4 is 10.2 Å². The molecule has 1 fully saturated rings. The Kier molecular flexibility index (Phi) is 4.34. The van der Waals surface area contributed by atoms with Gasteiger partial charge in [-0.3, -0.25) is 4.79 Å². The second-order valence-corrected chi connectivity index (χ2v) is 7.46. The van der Waals surface area contributed by atoms with Gasteiger partial charge in [0.15, 0.2) is 0 Å². The van der Waals surface area contributed by atoms with Gasteiger partial charge in [0.2, 0.25) is 0 Å². The molecule has 1 aromatic heterocycles. The summed E-state index contributed by atoms with van der Waals surface area (Å²) < 4.78 is 5.76. The average Bonchev–Trinajstić information content (AvgIpc) is 2.93. The minimum absolute atomic E-state index is 0.269. The molecule has 4 rings (SSSR count). The Balaban J connectivity index is 1.56. The molecule has 1 saturated carbocycles. The normalized spacial score (nSPS) is 17.3. The van der Waals surface area contributed by atoms with Crippen LogP contribution in [0.2, 0.25) is 0 Å². The van der Waals surface area contributed by atoms with Crippen LogP contribution in [-0.4, -0.2) is 31.0 Å². The topological polar surface area (TPSA) is 71.5 Å². The van der Waals surface area contributed by atoms with Gasteiger partial charge in [0.25, 0.3) is 5.91 Å². The third kappa shape index (κ3) is 3.16. The van der Waals surface area contributed by atoms with Gasteiger partial charge in [-0.1, -0.05) is 12.5 Å². The molecule has 1 aliphatic carbocycles. The number of carbonyl (C=O) groups excluding carboxylic acids is 2. The SMILES string of the molecule is CN(C)c1ccc(NC(=O)c2ccc3c(c2)C(=O)OC32CCCCC2)cn1. The van der Waals surface area contributed by atoms with Crippen molar-refractivity contribution in [2.24, 2.45) is 0 Å². The van der Waals surface area contributed by atoms with E-state index in [0.717, 1.165) is 37.1 Å². The maximum Gasteiger partial charge on any atom is 0.339 e. The molecule has 0 atom stereocenters. The zero-order valence-electron chi connectivity index (χ0n) is 15.6. The van der Waals surface area contributed by atoms with Crippen LogP contribution in [0, 0.1) is 0 Å². The third-order valence-corrected chi connectivity index (χ3v) is 5.41.